The van der Waals surface area contributed by atoms with Crippen molar-refractivity contribution in [2.24, 2.45) is 0 Å². The van der Waals surface area contributed by atoms with Crippen molar-refractivity contribution in [2.75, 3.05) is 40.4 Å². The molecule has 1 heterocycles. The quantitative estimate of drug-likeness (QED) is 0.704. The first kappa shape index (κ1) is 16.3. The topological polar surface area (TPSA) is 15.7 Å². The molecule has 0 aromatic carbocycles. The SMILES string of the molecule is CN([SiH](C)C)[Si](C)(C)C.CN1CCOCC1. The summed E-state index contributed by atoms with van der Waals surface area (Å²) in [5.74, 6) is 0. The van der Waals surface area contributed by atoms with E-state index < -0.39 is 17.2 Å². The fourth-order valence-corrected chi connectivity index (χ4v) is 7.63. The summed E-state index contributed by atoms with van der Waals surface area (Å²) in [6.45, 7) is 16.0. The van der Waals surface area contributed by atoms with Crippen LogP contribution in [-0.4, -0.2) is 66.7 Å². The minimum atomic E-state index is -0.929. The molecule has 16 heavy (non-hydrogen) atoms. The van der Waals surface area contributed by atoms with Gasteiger partial charge in [0, 0.05) is 13.1 Å². The summed E-state index contributed by atoms with van der Waals surface area (Å²) in [4.78, 5) is 2.27. The first-order valence-electron chi connectivity index (χ1n) is 6.24. The monoisotopic (exact) mass is 262 g/mol. The van der Waals surface area contributed by atoms with Gasteiger partial charge in [0.2, 0.25) is 0 Å². The van der Waals surface area contributed by atoms with Gasteiger partial charge < -0.3 is 13.9 Å². The summed E-state index contributed by atoms with van der Waals surface area (Å²) < 4.78 is 7.73. The average molecular weight is 263 g/mol. The highest BCUT2D eigenvalue weighted by Crippen LogP contribution is 2.07. The molecule has 0 saturated carbocycles. The van der Waals surface area contributed by atoms with E-state index in [1.807, 2.05) is 0 Å². The molecule has 5 heteroatoms. The van der Waals surface area contributed by atoms with E-state index in [9.17, 15) is 0 Å². The van der Waals surface area contributed by atoms with Gasteiger partial charge in [-0.15, -0.1) is 0 Å². The Morgan fingerprint density at radius 3 is 1.69 bits per heavy atom. The number of rotatable bonds is 2. The molecule has 0 bridgehead atoms. The van der Waals surface area contributed by atoms with E-state index in [1.165, 1.54) is 0 Å². The molecule has 0 unspecified atom stereocenters. The third kappa shape index (κ3) is 7.56. The van der Waals surface area contributed by atoms with Gasteiger partial charge >= 0.3 is 0 Å². The van der Waals surface area contributed by atoms with Crippen molar-refractivity contribution in [3.63, 3.8) is 0 Å². The molecule has 0 atom stereocenters. The Labute approximate surface area is 105 Å². The van der Waals surface area contributed by atoms with Gasteiger partial charge in [-0.05, 0) is 14.1 Å². The van der Waals surface area contributed by atoms with Crippen LogP contribution >= 0.6 is 0 Å². The van der Waals surface area contributed by atoms with E-state index in [0.717, 1.165) is 26.3 Å². The first-order valence-corrected chi connectivity index (χ1v) is 12.5. The maximum atomic E-state index is 5.10. The summed E-state index contributed by atoms with van der Waals surface area (Å²) in [7, 11) is 2.97. The molecule has 0 aromatic heterocycles. The Balaban J connectivity index is 0.000000288. The fraction of sp³-hybridized carbons (Fsp3) is 1.00. The van der Waals surface area contributed by atoms with E-state index in [1.54, 1.807) is 0 Å². The van der Waals surface area contributed by atoms with Crippen molar-refractivity contribution < 1.29 is 4.74 Å². The van der Waals surface area contributed by atoms with E-state index in [2.05, 4.69) is 56.0 Å². The lowest BCUT2D eigenvalue weighted by Crippen LogP contribution is -2.49. The van der Waals surface area contributed by atoms with Crippen LogP contribution in [-0.2, 0) is 4.74 Å². The van der Waals surface area contributed by atoms with Gasteiger partial charge in [0.1, 0.15) is 8.24 Å². The maximum Gasteiger partial charge on any atom is 0.111 e. The molecule has 1 aliphatic heterocycles. The second-order valence-electron chi connectivity index (χ2n) is 5.79. The number of morpholine rings is 1. The minimum absolute atomic E-state index is 0.495. The lowest BCUT2D eigenvalue weighted by atomic mass is 10.5. The molecule has 0 aromatic rings. The molecule has 1 saturated heterocycles. The van der Waals surface area contributed by atoms with E-state index in [0.29, 0.717) is 0 Å². The second-order valence-corrected chi connectivity index (χ2v) is 14.3. The molecule has 1 rings (SSSR count). The Kier molecular flexibility index (Phi) is 7.75. The number of hydrogen-bond acceptors (Lipinski definition) is 3. The fourth-order valence-electron chi connectivity index (χ4n) is 1.43. The van der Waals surface area contributed by atoms with Crippen LogP contribution < -0.4 is 0 Å². The van der Waals surface area contributed by atoms with Crippen molar-refractivity contribution in [1.29, 1.82) is 0 Å². The highest BCUT2D eigenvalue weighted by molar-refractivity contribution is 6.82. The molecule has 3 nitrogen and oxygen atoms in total. The van der Waals surface area contributed by atoms with Crippen molar-refractivity contribution >= 4 is 17.2 Å². The largest absolute Gasteiger partial charge is 0.379 e. The van der Waals surface area contributed by atoms with Crippen LogP contribution in [0.1, 0.15) is 0 Å². The van der Waals surface area contributed by atoms with Crippen LogP contribution in [0.25, 0.3) is 0 Å². The number of likely N-dealkylation sites (N-methyl/N-ethyl adjacent to an activating group) is 1. The van der Waals surface area contributed by atoms with Crippen LogP contribution in [0.2, 0.25) is 32.7 Å². The number of ether oxygens (including phenoxy) is 1. The van der Waals surface area contributed by atoms with Crippen molar-refractivity contribution in [3.05, 3.63) is 0 Å². The van der Waals surface area contributed by atoms with Crippen molar-refractivity contribution in [3.8, 4) is 0 Å². The predicted octanol–water partition coefficient (Wildman–Crippen LogP) is 1.68. The summed E-state index contributed by atoms with van der Waals surface area (Å²) in [5, 5.41) is 0. The van der Waals surface area contributed by atoms with Crippen molar-refractivity contribution in [2.45, 2.75) is 32.7 Å². The average Bonchev–Trinajstić information content (AvgIpc) is 2.17. The highest BCUT2D eigenvalue weighted by Gasteiger charge is 2.21. The van der Waals surface area contributed by atoms with Gasteiger partial charge in [-0.3, -0.25) is 0 Å². The van der Waals surface area contributed by atoms with Gasteiger partial charge in [0.05, 0.1) is 22.2 Å². The van der Waals surface area contributed by atoms with Gasteiger partial charge in [-0.25, -0.2) is 0 Å². The highest BCUT2D eigenvalue weighted by atomic mass is 28.4. The smallest absolute Gasteiger partial charge is 0.111 e. The molecule has 0 aliphatic carbocycles. The number of hydrogen-bond donors (Lipinski definition) is 0. The summed E-state index contributed by atoms with van der Waals surface area (Å²) in [6.07, 6.45) is 0. The molecule has 0 radical (unpaired) electrons. The molecule has 0 amide bonds. The molecule has 1 fully saturated rings. The normalized spacial score (nSPS) is 18.6. The summed E-state index contributed by atoms with van der Waals surface area (Å²) >= 11 is 0. The van der Waals surface area contributed by atoms with E-state index in [4.69, 9.17) is 4.74 Å². The van der Waals surface area contributed by atoms with Crippen LogP contribution in [0.3, 0.4) is 0 Å². The molecular weight excluding hydrogens is 232 g/mol. The number of nitrogens with zero attached hydrogens (tertiary/aromatic N) is 2. The van der Waals surface area contributed by atoms with Crippen LogP contribution in [0.5, 0.6) is 0 Å². The van der Waals surface area contributed by atoms with Crippen LogP contribution in [0.15, 0.2) is 0 Å². The zero-order valence-corrected chi connectivity index (χ0v) is 14.4. The Bertz CT molecular complexity index is 177. The first-order chi connectivity index (χ1) is 7.25. The van der Waals surface area contributed by atoms with Gasteiger partial charge in [0.15, 0.2) is 0 Å². The Hall–Kier alpha value is 0.314. The molecule has 0 N–H and O–H groups in total. The summed E-state index contributed by atoms with van der Waals surface area (Å²) in [6, 6.07) is 0. The summed E-state index contributed by atoms with van der Waals surface area (Å²) in [5.41, 5.74) is 0. The lowest BCUT2D eigenvalue weighted by Gasteiger charge is -2.33. The van der Waals surface area contributed by atoms with Crippen LogP contribution in [0.4, 0.5) is 0 Å². The molecule has 1 aliphatic rings. The predicted molar refractivity (Wildman–Crippen MR) is 78.3 cm³/mol. The minimum Gasteiger partial charge on any atom is -0.379 e. The third-order valence-corrected chi connectivity index (χ3v) is 10.6. The standard InChI is InChI=1S/C6H19NSi2.C5H11NO/c1-7(8(2)3)9(4,5)6;1-6-2-4-7-5-3-6/h8H,1-6H3;2-5H2,1H3. The molecular formula is C11H30N2OSi2. The van der Waals surface area contributed by atoms with Gasteiger partial charge in [-0.1, -0.05) is 32.7 Å². The van der Waals surface area contributed by atoms with Gasteiger partial charge in [-0.2, -0.15) is 0 Å². The Morgan fingerprint density at radius 2 is 1.56 bits per heavy atom. The zero-order valence-electron chi connectivity index (χ0n) is 12.2. The van der Waals surface area contributed by atoms with Crippen LogP contribution in [0, 0.1) is 0 Å². The maximum absolute atomic E-state index is 5.10. The van der Waals surface area contributed by atoms with E-state index in [-0.39, 0.29) is 0 Å². The van der Waals surface area contributed by atoms with Gasteiger partial charge in [0.25, 0.3) is 0 Å². The van der Waals surface area contributed by atoms with Crippen molar-refractivity contribution in [1.82, 2.24) is 9.13 Å². The Morgan fingerprint density at radius 1 is 1.12 bits per heavy atom. The third-order valence-electron chi connectivity index (χ3n) is 3.07. The molecule has 0 spiro atoms. The van der Waals surface area contributed by atoms with E-state index >= 15 is 0 Å². The lowest BCUT2D eigenvalue weighted by molar-refractivity contribution is 0.0503. The second kappa shape index (κ2) is 7.60. The zero-order chi connectivity index (χ0) is 12.8. The molecule has 98 valence electrons.